The summed E-state index contributed by atoms with van der Waals surface area (Å²) < 4.78 is 0. The molecule has 0 saturated heterocycles. The lowest BCUT2D eigenvalue weighted by Gasteiger charge is -2.14. The van der Waals surface area contributed by atoms with Crippen molar-refractivity contribution < 1.29 is 5.11 Å². The molecule has 0 fully saturated rings. The summed E-state index contributed by atoms with van der Waals surface area (Å²) in [5, 5.41) is 14.7. The highest BCUT2D eigenvalue weighted by atomic mass is 16.3. The van der Waals surface area contributed by atoms with E-state index in [0.29, 0.717) is 0 Å². The first-order valence-corrected chi connectivity index (χ1v) is 5.16. The molecule has 2 nitrogen and oxygen atoms in total. The van der Waals surface area contributed by atoms with Gasteiger partial charge in [0, 0.05) is 17.1 Å². The zero-order valence-corrected chi connectivity index (χ0v) is 8.77. The Morgan fingerprint density at radius 2 is 1.87 bits per heavy atom. The SMILES string of the molecule is CC(CO)Nc1cccc2ccccc12. The second kappa shape index (κ2) is 4.32. The van der Waals surface area contributed by atoms with Crippen LogP contribution < -0.4 is 5.32 Å². The molecule has 78 valence electrons. The Kier molecular flexibility index (Phi) is 2.88. The van der Waals surface area contributed by atoms with E-state index in [0.717, 1.165) is 5.69 Å². The van der Waals surface area contributed by atoms with Crippen LogP contribution in [0.1, 0.15) is 6.92 Å². The molecule has 0 aromatic heterocycles. The van der Waals surface area contributed by atoms with Gasteiger partial charge >= 0.3 is 0 Å². The average molecular weight is 201 g/mol. The summed E-state index contributed by atoms with van der Waals surface area (Å²) >= 11 is 0. The van der Waals surface area contributed by atoms with Gasteiger partial charge in [-0.2, -0.15) is 0 Å². The number of fused-ring (bicyclic) bond motifs is 1. The molecule has 0 amide bonds. The maximum atomic E-state index is 9.01. The molecule has 0 aliphatic carbocycles. The number of aliphatic hydroxyl groups excluding tert-OH is 1. The first-order valence-electron chi connectivity index (χ1n) is 5.16. The molecule has 0 aliphatic heterocycles. The third-order valence-corrected chi connectivity index (χ3v) is 2.47. The molecule has 2 aromatic carbocycles. The zero-order chi connectivity index (χ0) is 10.7. The van der Waals surface area contributed by atoms with Crippen molar-refractivity contribution in [2.75, 3.05) is 11.9 Å². The van der Waals surface area contributed by atoms with Crippen LogP contribution in [0.3, 0.4) is 0 Å². The van der Waals surface area contributed by atoms with E-state index < -0.39 is 0 Å². The van der Waals surface area contributed by atoms with Gasteiger partial charge in [-0.3, -0.25) is 0 Å². The Labute approximate surface area is 89.6 Å². The average Bonchev–Trinajstić information content (AvgIpc) is 2.29. The standard InChI is InChI=1S/C13H15NO/c1-10(9-15)14-13-8-4-6-11-5-2-3-7-12(11)13/h2-8,10,14-15H,9H2,1H3. The van der Waals surface area contributed by atoms with Gasteiger partial charge in [-0.15, -0.1) is 0 Å². The molecule has 15 heavy (non-hydrogen) atoms. The first kappa shape index (κ1) is 9.99. The Bertz CT molecular complexity index is 448. The minimum absolute atomic E-state index is 0.0795. The molecule has 0 heterocycles. The molecular formula is C13H15NO. The minimum Gasteiger partial charge on any atom is -0.394 e. The summed E-state index contributed by atoms with van der Waals surface area (Å²) in [6.45, 7) is 2.10. The van der Waals surface area contributed by atoms with E-state index in [4.69, 9.17) is 5.11 Å². The highest BCUT2D eigenvalue weighted by molar-refractivity contribution is 5.93. The maximum Gasteiger partial charge on any atom is 0.0630 e. The molecule has 0 bridgehead atoms. The van der Waals surface area contributed by atoms with Crippen molar-refractivity contribution in [3.63, 3.8) is 0 Å². The van der Waals surface area contributed by atoms with Crippen LogP contribution in [-0.2, 0) is 0 Å². The summed E-state index contributed by atoms with van der Waals surface area (Å²) in [5.74, 6) is 0. The predicted octanol–water partition coefficient (Wildman–Crippen LogP) is 2.63. The van der Waals surface area contributed by atoms with Crippen LogP contribution in [0.5, 0.6) is 0 Å². The number of rotatable bonds is 3. The summed E-state index contributed by atoms with van der Waals surface area (Å²) in [7, 11) is 0. The fourth-order valence-corrected chi connectivity index (χ4v) is 1.66. The maximum absolute atomic E-state index is 9.01. The van der Waals surface area contributed by atoms with Crippen LogP contribution in [0.25, 0.3) is 10.8 Å². The summed E-state index contributed by atoms with van der Waals surface area (Å²) in [4.78, 5) is 0. The van der Waals surface area contributed by atoms with Crippen LogP contribution >= 0.6 is 0 Å². The molecule has 0 spiro atoms. The number of nitrogens with one attached hydrogen (secondary N) is 1. The normalized spacial score (nSPS) is 12.7. The van der Waals surface area contributed by atoms with Gasteiger partial charge < -0.3 is 10.4 Å². The molecule has 2 aromatic rings. The Morgan fingerprint density at radius 3 is 2.67 bits per heavy atom. The molecule has 2 rings (SSSR count). The number of anilines is 1. The van der Waals surface area contributed by atoms with Gasteiger partial charge in [0.15, 0.2) is 0 Å². The third kappa shape index (κ3) is 2.10. The number of benzene rings is 2. The van der Waals surface area contributed by atoms with Gasteiger partial charge in [-0.05, 0) is 18.4 Å². The quantitative estimate of drug-likeness (QED) is 0.800. The van der Waals surface area contributed by atoms with Crippen molar-refractivity contribution in [3.8, 4) is 0 Å². The molecule has 0 aliphatic rings. The molecule has 1 atom stereocenters. The van der Waals surface area contributed by atoms with Crippen molar-refractivity contribution in [2.45, 2.75) is 13.0 Å². The van der Waals surface area contributed by atoms with E-state index in [-0.39, 0.29) is 12.6 Å². The Hall–Kier alpha value is -1.54. The van der Waals surface area contributed by atoms with Crippen LogP contribution in [0, 0.1) is 0 Å². The fraction of sp³-hybridized carbons (Fsp3) is 0.231. The van der Waals surface area contributed by atoms with Crippen LogP contribution in [0.15, 0.2) is 42.5 Å². The lowest BCUT2D eigenvalue weighted by Crippen LogP contribution is -2.19. The van der Waals surface area contributed by atoms with Gasteiger partial charge in [0.1, 0.15) is 0 Å². The fourth-order valence-electron chi connectivity index (χ4n) is 1.66. The summed E-state index contributed by atoms with van der Waals surface area (Å²) in [6.07, 6.45) is 0. The molecule has 2 heteroatoms. The summed E-state index contributed by atoms with van der Waals surface area (Å²) in [5.41, 5.74) is 1.08. The molecule has 0 radical (unpaired) electrons. The van der Waals surface area contributed by atoms with Crippen molar-refractivity contribution in [1.82, 2.24) is 0 Å². The van der Waals surface area contributed by atoms with Crippen LogP contribution in [-0.4, -0.2) is 17.8 Å². The van der Waals surface area contributed by atoms with E-state index in [1.54, 1.807) is 0 Å². The van der Waals surface area contributed by atoms with Gasteiger partial charge in [0.25, 0.3) is 0 Å². The van der Waals surface area contributed by atoms with Gasteiger partial charge in [0.05, 0.1) is 6.61 Å². The van der Waals surface area contributed by atoms with Gasteiger partial charge in [-0.25, -0.2) is 0 Å². The van der Waals surface area contributed by atoms with Gasteiger partial charge in [-0.1, -0.05) is 36.4 Å². The molecular weight excluding hydrogens is 186 g/mol. The molecule has 1 unspecified atom stereocenters. The third-order valence-electron chi connectivity index (χ3n) is 2.47. The van der Waals surface area contributed by atoms with Gasteiger partial charge in [0.2, 0.25) is 0 Å². The minimum atomic E-state index is 0.0795. The van der Waals surface area contributed by atoms with E-state index >= 15 is 0 Å². The second-order valence-corrected chi connectivity index (χ2v) is 3.75. The van der Waals surface area contributed by atoms with E-state index in [2.05, 4.69) is 23.5 Å². The summed E-state index contributed by atoms with van der Waals surface area (Å²) in [6, 6.07) is 14.5. The first-order chi connectivity index (χ1) is 7.31. The van der Waals surface area contributed by atoms with E-state index in [9.17, 15) is 0 Å². The zero-order valence-electron chi connectivity index (χ0n) is 8.77. The predicted molar refractivity (Wildman–Crippen MR) is 64.1 cm³/mol. The van der Waals surface area contributed by atoms with Crippen LogP contribution in [0.4, 0.5) is 5.69 Å². The number of aliphatic hydroxyl groups is 1. The monoisotopic (exact) mass is 201 g/mol. The lowest BCUT2D eigenvalue weighted by atomic mass is 10.1. The highest BCUT2D eigenvalue weighted by Gasteiger charge is 2.02. The Balaban J connectivity index is 2.42. The highest BCUT2D eigenvalue weighted by Crippen LogP contribution is 2.23. The van der Waals surface area contributed by atoms with Crippen molar-refractivity contribution in [3.05, 3.63) is 42.5 Å². The molecule has 0 saturated carbocycles. The van der Waals surface area contributed by atoms with Crippen molar-refractivity contribution >= 4 is 16.5 Å². The topological polar surface area (TPSA) is 32.3 Å². The molecule has 2 N–H and O–H groups in total. The second-order valence-electron chi connectivity index (χ2n) is 3.75. The largest absolute Gasteiger partial charge is 0.394 e. The van der Waals surface area contributed by atoms with Crippen LogP contribution in [0.2, 0.25) is 0 Å². The lowest BCUT2D eigenvalue weighted by molar-refractivity contribution is 0.281. The number of hydrogen-bond donors (Lipinski definition) is 2. The van der Waals surface area contributed by atoms with E-state index in [1.165, 1.54) is 10.8 Å². The van der Waals surface area contributed by atoms with E-state index in [1.807, 2.05) is 31.2 Å². The Morgan fingerprint density at radius 1 is 1.13 bits per heavy atom. The van der Waals surface area contributed by atoms with Crippen molar-refractivity contribution in [1.29, 1.82) is 0 Å². The van der Waals surface area contributed by atoms with Crippen molar-refractivity contribution in [2.24, 2.45) is 0 Å². The number of hydrogen-bond acceptors (Lipinski definition) is 2. The smallest absolute Gasteiger partial charge is 0.0630 e.